The number of thiazole rings is 1. The molecule has 5 heteroatoms. The third-order valence-electron chi connectivity index (χ3n) is 3.95. The van der Waals surface area contributed by atoms with Crippen LogP contribution in [0.2, 0.25) is 0 Å². The summed E-state index contributed by atoms with van der Waals surface area (Å²) in [6, 6.07) is 0.451. The van der Waals surface area contributed by atoms with Crippen LogP contribution in [-0.2, 0) is 0 Å². The first-order valence-electron chi connectivity index (χ1n) is 6.94. The maximum Gasteiger partial charge on any atom is 0.347 e. The molecule has 1 aliphatic heterocycles. The summed E-state index contributed by atoms with van der Waals surface area (Å²) in [6.07, 6.45) is 2.07. The molecule has 1 saturated heterocycles. The van der Waals surface area contributed by atoms with E-state index in [0.29, 0.717) is 16.8 Å². The molecule has 106 valence electrons. The lowest BCUT2D eigenvalue weighted by Gasteiger charge is -2.20. The third-order valence-corrected chi connectivity index (χ3v) is 5.04. The minimum absolute atomic E-state index is 0.200. The number of carboxylic acid groups (broad SMARTS) is 1. The second-order valence-corrected chi connectivity index (χ2v) is 6.65. The van der Waals surface area contributed by atoms with Gasteiger partial charge in [0.15, 0.2) is 5.13 Å². The van der Waals surface area contributed by atoms with E-state index in [4.69, 9.17) is 0 Å². The summed E-state index contributed by atoms with van der Waals surface area (Å²) in [4.78, 5) is 18.7. The molecule has 1 N–H and O–H groups in total. The van der Waals surface area contributed by atoms with Crippen molar-refractivity contribution >= 4 is 22.4 Å². The normalized spacial score (nSPS) is 24.7. The third kappa shape index (κ3) is 2.76. The topological polar surface area (TPSA) is 53.4 Å². The molecule has 2 rings (SSSR count). The van der Waals surface area contributed by atoms with E-state index in [1.165, 1.54) is 11.3 Å². The summed E-state index contributed by atoms with van der Waals surface area (Å²) < 4.78 is 0. The molecule has 1 aromatic rings. The predicted octanol–water partition coefficient (Wildman–Crippen LogP) is 3.59. The second kappa shape index (κ2) is 5.49. The van der Waals surface area contributed by atoms with Crippen LogP contribution in [0.4, 0.5) is 5.13 Å². The Balaban J connectivity index is 2.35. The average molecular weight is 282 g/mol. The molecule has 3 unspecified atom stereocenters. The Morgan fingerprint density at radius 3 is 2.74 bits per heavy atom. The van der Waals surface area contributed by atoms with E-state index in [2.05, 4.69) is 30.7 Å². The minimum Gasteiger partial charge on any atom is -0.477 e. The maximum absolute atomic E-state index is 11.4. The van der Waals surface area contributed by atoms with Gasteiger partial charge in [-0.25, -0.2) is 9.78 Å². The van der Waals surface area contributed by atoms with Crippen molar-refractivity contribution in [1.29, 1.82) is 0 Å². The van der Waals surface area contributed by atoms with Crippen LogP contribution in [0.15, 0.2) is 0 Å². The van der Waals surface area contributed by atoms with Crippen LogP contribution in [0.3, 0.4) is 0 Å². The zero-order valence-electron chi connectivity index (χ0n) is 12.0. The van der Waals surface area contributed by atoms with Crippen molar-refractivity contribution in [2.24, 2.45) is 5.92 Å². The Morgan fingerprint density at radius 1 is 1.58 bits per heavy atom. The molecule has 0 radical (unpaired) electrons. The summed E-state index contributed by atoms with van der Waals surface area (Å²) in [5, 5.41) is 10.2. The first-order valence-corrected chi connectivity index (χ1v) is 7.76. The Morgan fingerprint density at radius 2 is 2.26 bits per heavy atom. The standard InChI is InChI=1S/C14H22N2O2S/c1-5-9(3)11-12(13(17)18)19-14(15-11)16-7-8(2)6-10(16)4/h8-10H,5-7H2,1-4H3,(H,17,18). The average Bonchev–Trinajstić information content (AvgIpc) is 2.91. The lowest BCUT2D eigenvalue weighted by atomic mass is 10.0. The molecule has 1 aromatic heterocycles. The Bertz CT molecular complexity index is 472. The van der Waals surface area contributed by atoms with Gasteiger partial charge in [0.05, 0.1) is 5.69 Å². The number of anilines is 1. The molecule has 0 saturated carbocycles. The second-order valence-electron chi connectivity index (χ2n) is 5.67. The SMILES string of the molecule is CCC(C)c1nc(N2CC(C)CC2C)sc1C(=O)O. The van der Waals surface area contributed by atoms with Crippen LogP contribution in [0, 0.1) is 5.92 Å². The first kappa shape index (κ1) is 14.3. The largest absolute Gasteiger partial charge is 0.477 e. The number of carboxylic acids is 1. The number of aromatic nitrogens is 1. The fraction of sp³-hybridized carbons (Fsp3) is 0.714. The minimum atomic E-state index is -0.848. The highest BCUT2D eigenvalue weighted by atomic mass is 32.1. The molecule has 0 aromatic carbocycles. The van der Waals surface area contributed by atoms with Crippen molar-refractivity contribution in [1.82, 2.24) is 4.98 Å². The summed E-state index contributed by atoms with van der Waals surface area (Å²) >= 11 is 1.33. The Hall–Kier alpha value is -1.10. The van der Waals surface area contributed by atoms with E-state index in [9.17, 15) is 9.90 Å². The molecule has 0 bridgehead atoms. The number of rotatable bonds is 4. The van der Waals surface area contributed by atoms with Gasteiger partial charge in [-0.2, -0.15) is 0 Å². The number of aromatic carboxylic acids is 1. The fourth-order valence-electron chi connectivity index (χ4n) is 2.69. The molecule has 19 heavy (non-hydrogen) atoms. The van der Waals surface area contributed by atoms with Gasteiger partial charge in [0, 0.05) is 12.6 Å². The van der Waals surface area contributed by atoms with Crippen LogP contribution < -0.4 is 4.90 Å². The van der Waals surface area contributed by atoms with Gasteiger partial charge in [-0.1, -0.05) is 32.1 Å². The Labute approximate surface area is 118 Å². The van der Waals surface area contributed by atoms with Gasteiger partial charge in [-0.3, -0.25) is 0 Å². The highest BCUT2D eigenvalue weighted by molar-refractivity contribution is 7.17. The van der Waals surface area contributed by atoms with Crippen molar-refractivity contribution in [2.75, 3.05) is 11.4 Å². The first-order chi connectivity index (χ1) is 8.93. The highest BCUT2D eigenvalue weighted by Crippen LogP contribution is 2.36. The van der Waals surface area contributed by atoms with E-state index in [-0.39, 0.29) is 5.92 Å². The fourth-order valence-corrected chi connectivity index (χ4v) is 3.83. The van der Waals surface area contributed by atoms with Crippen LogP contribution in [0.25, 0.3) is 0 Å². The maximum atomic E-state index is 11.4. The van der Waals surface area contributed by atoms with Gasteiger partial charge in [0.25, 0.3) is 0 Å². The zero-order valence-corrected chi connectivity index (χ0v) is 12.8. The summed E-state index contributed by atoms with van der Waals surface area (Å²) in [5.41, 5.74) is 0.752. The van der Waals surface area contributed by atoms with Gasteiger partial charge in [-0.05, 0) is 31.6 Å². The summed E-state index contributed by atoms with van der Waals surface area (Å²) in [5.74, 6) is 0.00427. The molecule has 1 aliphatic rings. The number of hydrogen-bond donors (Lipinski definition) is 1. The van der Waals surface area contributed by atoms with E-state index in [0.717, 1.165) is 30.2 Å². The number of nitrogens with zero attached hydrogens (tertiary/aromatic N) is 2. The van der Waals surface area contributed by atoms with Gasteiger partial charge in [-0.15, -0.1) is 0 Å². The van der Waals surface area contributed by atoms with E-state index < -0.39 is 5.97 Å². The van der Waals surface area contributed by atoms with Gasteiger partial charge in [0.1, 0.15) is 4.88 Å². The quantitative estimate of drug-likeness (QED) is 0.917. The van der Waals surface area contributed by atoms with E-state index >= 15 is 0 Å². The molecule has 0 aliphatic carbocycles. The Kier molecular flexibility index (Phi) is 4.13. The van der Waals surface area contributed by atoms with Gasteiger partial charge >= 0.3 is 5.97 Å². The monoisotopic (exact) mass is 282 g/mol. The molecule has 3 atom stereocenters. The van der Waals surface area contributed by atoms with Crippen LogP contribution in [-0.4, -0.2) is 28.6 Å². The van der Waals surface area contributed by atoms with Crippen LogP contribution in [0.5, 0.6) is 0 Å². The van der Waals surface area contributed by atoms with E-state index in [1.54, 1.807) is 0 Å². The summed E-state index contributed by atoms with van der Waals surface area (Å²) in [6.45, 7) is 9.51. The van der Waals surface area contributed by atoms with Crippen LogP contribution in [0.1, 0.15) is 61.8 Å². The highest BCUT2D eigenvalue weighted by Gasteiger charge is 2.31. The molecule has 0 amide bonds. The molecule has 2 heterocycles. The van der Waals surface area contributed by atoms with Crippen LogP contribution >= 0.6 is 11.3 Å². The lowest BCUT2D eigenvalue weighted by molar-refractivity contribution is 0.0700. The number of carbonyl (C=O) groups is 1. The number of hydrogen-bond acceptors (Lipinski definition) is 4. The zero-order chi connectivity index (χ0) is 14.2. The van der Waals surface area contributed by atoms with Gasteiger partial charge in [0.2, 0.25) is 0 Å². The van der Waals surface area contributed by atoms with Crippen molar-refractivity contribution in [3.63, 3.8) is 0 Å². The molecule has 4 nitrogen and oxygen atoms in total. The summed E-state index contributed by atoms with van der Waals surface area (Å²) in [7, 11) is 0. The van der Waals surface area contributed by atoms with Crippen molar-refractivity contribution in [3.05, 3.63) is 10.6 Å². The molecular weight excluding hydrogens is 260 g/mol. The van der Waals surface area contributed by atoms with Crippen molar-refractivity contribution < 1.29 is 9.90 Å². The van der Waals surface area contributed by atoms with Crippen molar-refractivity contribution in [2.45, 2.75) is 52.5 Å². The smallest absolute Gasteiger partial charge is 0.347 e. The molecular formula is C14H22N2O2S. The molecule has 0 spiro atoms. The van der Waals surface area contributed by atoms with E-state index in [1.807, 2.05) is 6.92 Å². The molecule has 1 fully saturated rings. The lowest BCUT2D eigenvalue weighted by Crippen LogP contribution is -2.26. The predicted molar refractivity (Wildman–Crippen MR) is 78.4 cm³/mol. The van der Waals surface area contributed by atoms with Crippen molar-refractivity contribution in [3.8, 4) is 0 Å². The van der Waals surface area contributed by atoms with Gasteiger partial charge < -0.3 is 10.0 Å².